The maximum absolute atomic E-state index is 5.58. The van der Waals surface area contributed by atoms with Crippen molar-refractivity contribution in [2.75, 3.05) is 20.2 Å². The van der Waals surface area contributed by atoms with Gasteiger partial charge in [0.25, 0.3) is 0 Å². The van der Waals surface area contributed by atoms with Crippen LogP contribution in [0.4, 0.5) is 0 Å². The average molecular weight is 258 g/mol. The lowest BCUT2D eigenvalue weighted by Crippen LogP contribution is -2.08. The number of hydrogen-bond acceptors (Lipinski definition) is 2. The molecule has 1 atom stereocenters. The minimum atomic E-state index is 0.634. The molecule has 102 valence electrons. The topological polar surface area (TPSA) is 26.2 Å². The van der Waals surface area contributed by atoms with Crippen LogP contribution >= 0.6 is 0 Å². The van der Waals surface area contributed by atoms with Gasteiger partial charge in [-0.25, -0.2) is 0 Å². The van der Waals surface area contributed by atoms with Crippen molar-refractivity contribution in [3.8, 4) is 5.75 Å². The second-order valence-corrected chi connectivity index (χ2v) is 5.61. The molecule has 19 heavy (non-hydrogen) atoms. The molecule has 3 heteroatoms. The Bertz CT molecular complexity index is 621. The van der Waals surface area contributed by atoms with Crippen molar-refractivity contribution < 1.29 is 4.74 Å². The Morgan fingerprint density at radius 3 is 2.74 bits per heavy atom. The highest BCUT2D eigenvalue weighted by Crippen LogP contribution is 2.38. The minimum Gasteiger partial charge on any atom is -0.495 e. The summed E-state index contributed by atoms with van der Waals surface area (Å²) >= 11 is 0. The first-order chi connectivity index (χ1) is 9.13. The first-order valence-corrected chi connectivity index (χ1v) is 6.97. The van der Waals surface area contributed by atoms with Crippen molar-refractivity contribution in [1.82, 2.24) is 9.88 Å². The zero-order chi connectivity index (χ0) is 13.6. The Balaban J connectivity index is 2.32. The number of fused-ring (bicyclic) bond motifs is 1. The van der Waals surface area contributed by atoms with Gasteiger partial charge in [-0.2, -0.15) is 0 Å². The molecule has 1 aliphatic rings. The lowest BCUT2D eigenvalue weighted by Gasteiger charge is -2.10. The number of hydrogen-bond donors (Lipinski definition) is 1. The van der Waals surface area contributed by atoms with E-state index in [4.69, 9.17) is 4.74 Å². The summed E-state index contributed by atoms with van der Waals surface area (Å²) in [6.45, 7) is 6.59. The summed E-state index contributed by atoms with van der Waals surface area (Å²) in [7, 11) is 3.90. The third-order valence-electron chi connectivity index (χ3n) is 4.43. The zero-order valence-corrected chi connectivity index (χ0v) is 12.2. The summed E-state index contributed by atoms with van der Waals surface area (Å²) in [4.78, 5) is 0. The summed E-state index contributed by atoms with van der Waals surface area (Å²) in [5, 5.41) is 4.84. The van der Waals surface area contributed by atoms with Gasteiger partial charge in [-0.1, -0.05) is 0 Å². The van der Waals surface area contributed by atoms with E-state index in [1.807, 2.05) is 0 Å². The molecule has 0 saturated carbocycles. The van der Waals surface area contributed by atoms with Crippen molar-refractivity contribution in [1.29, 1.82) is 0 Å². The number of benzene rings is 1. The minimum absolute atomic E-state index is 0.634. The monoisotopic (exact) mass is 258 g/mol. The van der Waals surface area contributed by atoms with E-state index in [1.54, 1.807) is 7.11 Å². The van der Waals surface area contributed by atoms with Gasteiger partial charge < -0.3 is 14.6 Å². The molecular formula is C16H22N2O. The Hall–Kier alpha value is -1.48. The molecule has 1 N–H and O–H groups in total. The van der Waals surface area contributed by atoms with Crippen LogP contribution in [0, 0.1) is 13.8 Å². The Kier molecular flexibility index (Phi) is 3.02. The molecule has 1 aromatic carbocycles. The molecule has 0 spiro atoms. The maximum Gasteiger partial charge on any atom is 0.143 e. The SMILES string of the molecule is COc1cc(C)cc2c(C3CCNC3)c(C)n(C)c12. The molecule has 2 aromatic rings. The van der Waals surface area contributed by atoms with Crippen LogP contribution in [0.5, 0.6) is 5.75 Å². The lowest BCUT2D eigenvalue weighted by atomic mass is 9.94. The third kappa shape index (κ3) is 1.84. The Morgan fingerprint density at radius 2 is 2.11 bits per heavy atom. The van der Waals surface area contributed by atoms with Gasteiger partial charge in [0.1, 0.15) is 5.75 Å². The second kappa shape index (κ2) is 4.57. The summed E-state index contributed by atoms with van der Waals surface area (Å²) in [6, 6.07) is 4.43. The van der Waals surface area contributed by atoms with Crippen LogP contribution in [0.2, 0.25) is 0 Å². The summed E-state index contributed by atoms with van der Waals surface area (Å²) in [6.07, 6.45) is 1.23. The highest BCUT2D eigenvalue weighted by atomic mass is 16.5. The van der Waals surface area contributed by atoms with E-state index in [0.717, 1.165) is 18.8 Å². The summed E-state index contributed by atoms with van der Waals surface area (Å²) in [5.74, 6) is 1.62. The van der Waals surface area contributed by atoms with Crippen molar-refractivity contribution >= 4 is 10.9 Å². The van der Waals surface area contributed by atoms with E-state index in [9.17, 15) is 0 Å². The molecule has 0 amide bonds. The number of aromatic nitrogens is 1. The van der Waals surface area contributed by atoms with Crippen molar-refractivity contribution in [3.05, 3.63) is 29.0 Å². The van der Waals surface area contributed by atoms with Gasteiger partial charge in [0.05, 0.1) is 12.6 Å². The van der Waals surface area contributed by atoms with E-state index < -0.39 is 0 Å². The number of rotatable bonds is 2. The lowest BCUT2D eigenvalue weighted by molar-refractivity contribution is 0.417. The van der Waals surface area contributed by atoms with Gasteiger partial charge in [-0.3, -0.25) is 0 Å². The summed E-state index contributed by atoms with van der Waals surface area (Å²) < 4.78 is 7.86. The smallest absolute Gasteiger partial charge is 0.143 e. The fraction of sp³-hybridized carbons (Fsp3) is 0.500. The van der Waals surface area contributed by atoms with Crippen LogP contribution in [-0.2, 0) is 7.05 Å². The highest BCUT2D eigenvalue weighted by molar-refractivity contribution is 5.91. The molecule has 3 rings (SSSR count). The number of methoxy groups -OCH3 is 1. The predicted octanol–water partition coefficient (Wildman–Crippen LogP) is 2.88. The van der Waals surface area contributed by atoms with Gasteiger partial charge in [-0.15, -0.1) is 0 Å². The molecular weight excluding hydrogens is 236 g/mol. The van der Waals surface area contributed by atoms with Crippen LogP contribution in [0.1, 0.15) is 29.2 Å². The third-order valence-corrected chi connectivity index (χ3v) is 4.43. The Morgan fingerprint density at radius 1 is 1.32 bits per heavy atom. The molecule has 1 aliphatic heterocycles. The van der Waals surface area contributed by atoms with E-state index >= 15 is 0 Å². The van der Waals surface area contributed by atoms with E-state index in [1.165, 1.54) is 34.1 Å². The maximum atomic E-state index is 5.58. The molecule has 2 heterocycles. The first kappa shape index (κ1) is 12.5. The number of nitrogens with one attached hydrogen (secondary N) is 1. The molecule has 0 aliphatic carbocycles. The van der Waals surface area contributed by atoms with Crippen LogP contribution < -0.4 is 10.1 Å². The van der Waals surface area contributed by atoms with E-state index in [0.29, 0.717) is 5.92 Å². The standard InChI is InChI=1S/C16H22N2O/c1-10-7-13-15(12-5-6-17-9-12)11(2)18(3)16(13)14(8-10)19-4/h7-8,12,17H,5-6,9H2,1-4H3. The quantitative estimate of drug-likeness (QED) is 0.896. The largest absolute Gasteiger partial charge is 0.495 e. The van der Waals surface area contributed by atoms with Crippen LogP contribution in [0.15, 0.2) is 12.1 Å². The molecule has 1 unspecified atom stereocenters. The molecule has 1 fully saturated rings. The molecule has 0 bridgehead atoms. The van der Waals surface area contributed by atoms with Crippen LogP contribution in [-0.4, -0.2) is 24.8 Å². The van der Waals surface area contributed by atoms with Gasteiger partial charge in [0.15, 0.2) is 0 Å². The normalized spacial score (nSPS) is 19.3. The molecule has 1 saturated heterocycles. The van der Waals surface area contributed by atoms with Gasteiger partial charge >= 0.3 is 0 Å². The van der Waals surface area contributed by atoms with Gasteiger partial charge in [0, 0.05) is 24.7 Å². The fourth-order valence-corrected chi connectivity index (χ4v) is 3.41. The highest BCUT2D eigenvalue weighted by Gasteiger charge is 2.25. The van der Waals surface area contributed by atoms with Gasteiger partial charge in [0.2, 0.25) is 0 Å². The van der Waals surface area contributed by atoms with Crippen LogP contribution in [0.25, 0.3) is 10.9 Å². The van der Waals surface area contributed by atoms with E-state index in [-0.39, 0.29) is 0 Å². The summed E-state index contributed by atoms with van der Waals surface area (Å²) in [5.41, 5.74) is 5.37. The number of aryl methyl sites for hydroxylation is 2. The average Bonchev–Trinajstić information content (AvgIpc) is 2.97. The predicted molar refractivity (Wildman–Crippen MR) is 79.2 cm³/mol. The molecule has 1 aromatic heterocycles. The molecule has 3 nitrogen and oxygen atoms in total. The first-order valence-electron chi connectivity index (χ1n) is 6.97. The number of ether oxygens (including phenoxy) is 1. The fourth-order valence-electron chi connectivity index (χ4n) is 3.41. The van der Waals surface area contributed by atoms with Crippen LogP contribution in [0.3, 0.4) is 0 Å². The van der Waals surface area contributed by atoms with Crippen molar-refractivity contribution in [2.24, 2.45) is 7.05 Å². The van der Waals surface area contributed by atoms with E-state index in [2.05, 4.69) is 42.9 Å². The van der Waals surface area contributed by atoms with Crippen molar-refractivity contribution in [2.45, 2.75) is 26.2 Å². The van der Waals surface area contributed by atoms with Crippen molar-refractivity contribution in [3.63, 3.8) is 0 Å². The zero-order valence-electron chi connectivity index (χ0n) is 12.2. The Labute approximate surface area is 114 Å². The van der Waals surface area contributed by atoms with Gasteiger partial charge in [-0.05, 0) is 56.0 Å². The number of nitrogens with zero attached hydrogens (tertiary/aromatic N) is 1. The molecule has 0 radical (unpaired) electrons. The second-order valence-electron chi connectivity index (χ2n) is 5.61.